The number of amides is 1. The third-order valence-electron chi connectivity index (χ3n) is 3.86. The molecule has 2 aromatic carbocycles. The zero-order valence-electron chi connectivity index (χ0n) is 14.6. The van der Waals surface area contributed by atoms with E-state index >= 15 is 0 Å². The smallest absolute Gasteiger partial charge is 0.306 e. The first-order chi connectivity index (χ1) is 13.1. The molecule has 136 valence electrons. The van der Waals surface area contributed by atoms with Crippen molar-refractivity contribution in [2.24, 2.45) is 0 Å². The number of esters is 1. The molecule has 7 heteroatoms. The van der Waals surface area contributed by atoms with Crippen molar-refractivity contribution in [1.29, 1.82) is 5.26 Å². The van der Waals surface area contributed by atoms with Gasteiger partial charge in [-0.1, -0.05) is 24.3 Å². The molecule has 0 aliphatic carbocycles. The van der Waals surface area contributed by atoms with Crippen LogP contribution in [0.15, 0.2) is 48.5 Å². The van der Waals surface area contributed by atoms with Gasteiger partial charge in [0.1, 0.15) is 6.07 Å². The summed E-state index contributed by atoms with van der Waals surface area (Å²) in [5, 5.41) is 12.5. The number of para-hydroxylation sites is 2. The molecule has 1 heterocycles. The summed E-state index contributed by atoms with van der Waals surface area (Å²) in [5.41, 5.74) is 1.65. The lowest BCUT2D eigenvalue weighted by atomic mass is 10.2. The van der Waals surface area contributed by atoms with Crippen molar-refractivity contribution < 1.29 is 14.3 Å². The van der Waals surface area contributed by atoms with Crippen molar-refractivity contribution in [2.45, 2.75) is 25.9 Å². The number of ether oxygens (including phenoxy) is 1. The summed E-state index contributed by atoms with van der Waals surface area (Å²) in [6, 6.07) is 16.4. The fourth-order valence-electron chi connectivity index (χ4n) is 2.47. The molecule has 1 amide bonds. The molecule has 3 rings (SSSR count). The van der Waals surface area contributed by atoms with Crippen molar-refractivity contribution in [2.75, 3.05) is 5.32 Å². The molecule has 0 saturated heterocycles. The van der Waals surface area contributed by atoms with Crippen LogP contribution >= 0.6 is 11.3 Å². The fraction of sp³-hybridized carbons (Fsp3) is 0.200. The summed E-state index contributed by atoms with van der Waals surface area (Å²) in [6.07, 6.45) is -0.352. The van der Waals surface area contributed by atoms with Gasteiger partial charge in [-0.25, -0.2) is 4.98 Å². The fourth-order valence-corrected chi connectivity index (χ4v) is 3.44. The Morgan fingerprint density at radius 3 is 2.74 bits per heavy atom. The summed E-state index contributed by atoms with van der Waals surface area (Å²) in [5.74, 6) is -0.948. The van der Waals surface area contributed by atoms with Crippen molar-refractivity contribution in [3.05, 3.63) is 59.1 Å². The lowest BCUT2D eigenvalue weighted by Gasteiger charge is -2.14. The van der Waals surface area contributed by atoms with E-state index in [4.69, 9.17) is 10.00 Å². The minimum Gasteiger partial charge on any atom is -0.453 e. The molecule has 6 nitrogen and oxygen atoms in total. The molecule has 0 unspecified atom stereocenters. The van der Waals surface area contributed by atoms with E-state index in [0.29, 0.717) is 17.7 Å². The average molecular weight is 379 g/mol. The van der Waals surface area contributed by atoms with Crippen molar-refractivity contribution >= 4 is 39.1 Å². The predicted molar refractivity (Wildman–Crippen MR) is 103 cm³/mol. The minimum atomic E-state index is -0.959. The molecule has 1 aromatic heterocycles. The Morgan fingerprint density at radius 1 is 1.22 bits per heavy atom. The molecule has 0 aliphatic heterocycles. The molecule has 27 heavy (non-hydrogen) atoms. The Kier molecular flexibility index (Phi) is 5.79. The number of nitrogens with zero attached hydrogens (tertiary/aromatic N) is 2. The number of hydrogen-bond donors (Lipinski definition) is 1. The topological polar surface area (TPSA) is 92.1 Å². The van der Waals surface area contributed by atoms with Crippen LogP contribution in [0.25, 0.3) is 10.2 Å². The first kappa shape index (κ1) is 18.5. The lowest BCUT2D eigenvalue weighted by molar-refractivity contribution is -0.153. The van der Waals surface area contributed by atoms with Crippen LogP contribution in [0.5, 0.6) is 0 Å². The van der Waals surface area contributed by atoms with Gasteiger partial charge in [0.15, 0.2) is 6.10 Å². The Balaban J connectivity index is 1.52. The number of fused-ring (bicyclic) bond motifs is 1. The summed E-state index contributed by atoms with van der Waals surface area (Å²) in [6.45, 7) is 1.50. The average Bonchev–Trinajstić information content (AvgIpc) is 3.09. The number of thiazole rings is 1. The minimum absolute atomic E-state index is 0.145. The monoisotopic (exact) mass is 379 g/mol. The zero-order valence-corrected chi connectivity index (χ0v) is 15.5. The highest BCUT2D eigenvalue weighted by atomic mass is 32.1. The van der Waals surface area contributed by atoms with Gasteiger partial charge in [0.05, 0.1) is 32.9 Å². The highest BCUT2D eigenvalue weighted by Gasteiger charge is 2.19. The van der Waals surface area contributed by atoms with Gasteiger partial charge < -0.3 is 10.1 Å². The maximum Gasteiger partial charge on any atom is 0.306 e. The molecule has 0 spiro atoms. The molecule has 0 fully saturated rings. The maximum absolute atomic E-state index is 12.2. The Bertz CT molecular complexity index is 989. The van der Waals surface area contributed by atoms with E-state index in [-0.39, 0.29) is 6.42 Å². The highest BCUT2D eigenvalue weighted by Crippen LogP contribution is 2.22. The number of aromatic nitrogens is 1. The molecule has 0 saturated carbocycles. The normalized spacial score (nSPS) is 11.6. The Labute approximate surface area is 160 Å². The Morgan fingerprint density at radius 2 is 1.96 bits per heavy atom. The predicted octanol–water partition coefficient (Wildman–Crippen LogP) is 3.67. The van der Waals surface area contributed by atoms with E-state index in [9.17, 15) is 9.59 Å². The van der Waals surface area contributed by atoms with Crippen LogP contribution in [0.1, 0.15) is 23.9 Å². The number of carbonyl (C=O) groups is 2. The van der Waals surface area contributed by atoms with Gasteiger partial charge in [0, 0.05) is 6.42 Å². The standard InChI is InChI=1S/C20H17N3O3S/c1-13(20(25)23-15-7-3-2-6-14(15)12-21)26-19(24)11-10-18-22-16-8-4-5-9-17(16)27-18/h2-9,13H,10-11H2,1H3,(H,23,25)/t13-/m0/s1. The van der Waals surface area contributed by atoms with E-state index in [0.717, 1.165) is 15.2 Å². The third-order valence-corrected chi connectivity index (χ3v) is 4.96. The Hall–Kier alpha value is -3.24. The second kappa shape index (κ2) is 8.43. The summed E-state index contributed by atoms with van der Waals surface area (Å²) < 4.78 is 6.27. The third kappa shape index (κ3) is 4.68. The van der Waals surface area contributed by atoms with E-state index in [2.05, 4.69) is 10.3 Å². The number of benzene rings is 2. The number of hydrogen-bond acceptors (Lipinski definition) is 6. The zero-order chi connectivity index (χ0) is 19.2. The van der Waals surface area contributed by atoms with Gasteiger partial charge >= 0.3 is 5.97 Å². The van der Waals surface area contributed by atoms with Gasteiger partial charge in [0.2, 0.25) is 0 Å². The van der Waals surface area contributed by atoms with E-state index < -0.39 is 18.0 Å². The van der Waals surface area contributed by atoms with Crippen LogP contribution in [0, 0.1) is 11.3 Å². The molecule has 3 aromatic rings. The van der Waals surface area contributed by atoms with Crippen LogP contribution in [0.4, 0.5) is 5.69 Å². The van der Waals surface area contributed by atoms with Crippen molar-refractivity contribution in [3.63, 3.8) is 0 Å². The van der Waals surface area contributed by atoms with Crippen molar-refractivity contribution in [3.8, 4) is 6.07 Å². The van der Waals surface area contributed by atoms with E-state index in [1.165, 1.54) is 6.92 Å². The van der Waals surface area contributed by atoms with Gasteiger partial charge in [-0.2, -0.15) is 5.26 Å². The molecule has 0 aliphatic rings. The number of rotatable bonds is 6. The van der Waals surface area contributed by atoms with Gasteiger partial charge in [0.25, 0.3) is 5.91 Å². The highest BCUT2D eigenvalue weighted by molar-refractivity contribution is 7.18. The molecular weight excluding hydrogens is 362 g/mol. The first-order valence-corrected chi connectivity index (χ1v) is 9.22. The molecular formula is C20H17N3O3S. The van der Waals surface area contributed by atoms with Gasteiger partial charge in [-0.15, -0.1) is 11.3 Å². The SMILES string of the molecule is C[C@H](OC(=O)CCc1nc2ccccc2s1)C(=O)Nc1ccccc1C#N. The first-order valence-electron chi connectivity index (χ1n) is 8.40. The van der Waals surface area contributed by atoms with Crippen LogP contribution in [0.3, 0.4) is 0 Å². The van der Waals surface area contributed by atoms with Crippen LogP contribution in [0.2, 0.25) is 0 Å². The van der Waals surface area contributed by atoms with Gasteiger partial charge in [-0.05, 0) is 31.2 Å². The van der Waals surface area contributed by atoms with Crippen LogP contribution in [-0.2, 0) is 20.7 Å². The van der Waals surface area contributed by atoms with E-state index in [1.54, 1.807) is 35.6 Å². The lowest BCUT2D eigenvalue weighted by Crippen LogP contribution is -2.30. The molecule has 0 radical (unpaired) electrons. The number of aryl methyl sites for hydroxylation is 1. The van der Waals surface area contributed by atoms with Crippen LogP contribution in [-0.4, -0.2) is 23.0 Å². The molecule has 0 bridgehead atoms. The quantitative estimate of drug-likeness (QED) is 0.660. The number of anilines is 1. The summed E-state index contributed by atoms with van der Waals surface area (Å²) >= 11 is 1.54. The number of nitrogens with one attached hydrogen (secondary N) is 1. The van der Waals surface area contributed by atoms with E-state index in [1.807, 2.05) is 30.3 Å². The second-order valence-corrected chi connectivity index (χ2v) is 6.97. The summed E-state index contributed by atoms with van der Waals surface area (Å²) in [7, 11) is 0. The second-order valence-electron chi connectivity index (χ2n) is 5.85. The van der Waals surface area contributed by atoms with Crippen LogP contribution < -0.4 is 5.32 Å². The van der Waals surface area contributed by atoms with Crippen molar-refractivity contribution in [1.82, 2.24) is 4.98 Å². The van der Waals surface area contributed by atoms with Gasteiger partial charge in [-0.3, -0.25) is 9.59 Å². The molecule has 1 N–H and O–H groups in total. The largest absolute Gasteiger partial charge is 0.453 e. The number of nitriles is 1. The maximum atomic E-state index is 12.2. The summed E-state index contributed by atoms with van der Waals surface area (Å²) in [4.78, 5) is 28.7. The number of carbonyl (C=O) groups excluding carboxylic acids is 2. The molecule has 1 atom stereocenters.